The minimum Gasteiger partial charge on any atom is -0.459 e. The van der Waals surface area contributed by atoms with Crippen LogP contribution in [-0.2, 0) is 20.9 Å². The molecule has 2 aromatic heterocycles. The van der Waals surface area contributed by atoms with Gasteiger partial charge in [0.2, 0.25) is 5.91 Å². The molecule has 1 atom stereocenters. The zero-order chi connectivity index (χ0) is 20.5. The van der Waals surface area contributed by atoms with Gasteiger partial charge in [-0.3, -0.25) is 18.8 Å². The van der Waals surface area contributed by atoms with E-state index in [0.29, 0.717) is 22.1 Å². The molecule has 0 bridgehead atoms. The lowest BCUT2D eigenvalue weighted by molar-refractivity contribution is -0.145. The Morgan fingerprint density at radius 2 is 2.10 bits per heavy atom. The molecule has 1 aliphatic heterocycles. The van der Waals surface area contributed by atoms with E-state index in [1.807, 2.05) is 13.0 Å². The number of thioether (sulfide) groups is 1. The van der Waals surface area contributed by atoms with E-state index in [1.54, 1.807) is 30.5 Å². The SMILES string of the molecule is Cc1ccc2nc(COC(=O)CC3Sc4ccc(Cl)cc4NC3=O)cc(=O)n2c1. The lowest BCUT2D eigenvalue weighted by Crippen LogP contribution is -2.31. The predicted molar refractivity (Wildman–Crippen MR) is 110 cm³/mol. The summed E-state index contributed by atoms with van der Waals surface area (Å²) in [4.78, 5) is 41.9. The molecule has 0 radical (unpaired) electrons. The second-order valence-corrected chi connectivity index (χ2v) is 8.30. The molecular weight excluding hydrogens is 414 g/mol. The minimum atomic E-state index is -0.602. The van der Waals surface area contributed by atoms with Gasteiger partial charge in [-0.25, -0.2) is 4.98 Å². The Hall–Kier alpha value is -2.84. The number of aryl methyl sites for hydroxylation is 1. The van der Waals surface area contributed by atoms with Gasteiger partial charge < -0.3 is 10.1 Å². The third-order valence-electron chi connectivity index (χ3n) is 4.35. The van der Waals surface area contributed by atoms with Gasteiger partial charge in [0.05, 0.1) is 23.1 Å². The Balaban J connectivity index is 1.41. The highest BCUT2D eigenvalue weighted by atomic mass is 35.5. The van der Waals surface area contributed by atoms with Gasteiger partial charge in [0.25, 0.3) is 5.56 Å². The van der Waals surface area contributed by atoms with Crippen molar-refractivity contribution in [2.75, 3.05) is 5.32 Å². The molecule has 9 heteroatoms. The van der Waals surface area contributed by atoms with Crippen molar-refractivity contribution in [3.63, 3.8) is 0 Å². The van der Waals surface area contributed by atoms with E-state index in [2.05, 4.69) is 10.3 Å². The molecule has 0 spiro atoms. The van der Waals surface area contributed by atoms with Gasteiger partial charge in [-0.2, -0.15) is 0 Å². The van der Waals surface area contributed by atoms with E-state index in [1.165, 1.54) is 22.2 Å². The van der Waals surface area contributed by atoms with Crippen LogP contribution in [0.5, 0.6) is 0 Å². The number of esters is 1. The van der Waals surface area contributed by atoms with Crippen molar-refractivity contribution >= 4 is 46.6 Å². The lowest BCUT2D eigenvalue weighted by Gasteiger charge is -2.23. The van der Waals surface area contributed by atoms with E-state index in [9.17, 15) is 14.4 Å². The number of halogens is 1. The van der Waals surface area contributed by atoms with Gasteiger partial charge in [-0.1, -0.05) is 17.7 Å². The van der Waals surface area contributed by atoms with Crippen LogP contribution in [-0.4, -0.2) is 26.5 Å². The van der Waals surface area contributed by atoms with Crippen LogP contribution < -0.4 is 10.9 Å². The number of rotatable bonds is 4. The predicted octanol–water partition coefficient (Wildman–Crippen LogP) is 3.20. The Morgan fingerprint density at radius 1 is 1.28 bits per heavy atom. The summed E-state index contributed by atoms with van der Waals surface area (Å²) in [6, 6.07) is 10.1. The highest BCUT2D eigenvalue weighted by Gasteiger charge is 2.29. The second kappa shape index (κ2) is 7.88. The van der Waals surface area contributed by atoms with Crippen LogP contribution in [0, 0.1) is 6.92 Å². The fourth-order valence-corrected chi connectivity index (χ4v) is 4.20. The van der Waals surface area contributed by atoms with Crippen molar-refractivity contribution in [3.05, 3.63) is 69.2 Å². The number of hydrogen-bond acceptors (Lipinski definition) is 6. The molecule has 29 heavy (non-hydrogen) atoms. The van der Waals surface area contributed by atoms with Crippen LogP contribution in [0.1, 0.15) is 17.7 Å². The van der Waals surface area contributed by atoms with Crippen molar-refractivity contribution in [2.24, 2.45) is 0 Å². The quantitative estimate of drug-likeness (QED) is 0.640. The summed E-state index contributed by atoms with van der Waals surface area (Å²) in [5.41, 5.74) is 2.16. The molecule has 1 aromatic carbocycles. The Bertz CT molecular complexity index is 1190. The van der Waals surface area contributed by atoms with Gasteiger partial charge >= 0.3 is 5.97 Å². The summed E-state index contributed by atoms with van der Waals surface area (Å²) in [6.45, 7) is 1.75. The topological polar surface area (TPSA) is 89.8 Å². The number of carbonyl (C=O) groups is 2. The van der Waals surface area contributed by atoms with Crippen LogP contribution in [0.4, 0.5) is 5.69 Å². The number of hydrogen-bond donors (Lipinski definition) is 1. The highest BCUT2D eigenvalue weighted by Crippen LogP contribution is 2.38. The number of nitrogens with one attached hydrogen (secondary N) is 1. The molecule has 0 saturated heterocycles. The lowest BCUT2D eigenvalue weighted by atomic mass is 10.2. The zero-order valence-corrected chi connectivity index (χ0v) is 16.9. The fraction of sp³-hybridized carbons (Fsp3) is 0.200. The molecular formula is C20H16ClN3O4S. The number of carbonyl (C=O) groups excluding carboxylic acids is 2. The van der Waals surface area contributed by atoms with E-state index >= 15 is 0 Å². The number of anilines is 1. The van der Waals surface area contributed by atoms with Crippen molar-refractivity contribution in [1.82, 2.24) is 9.38 Å². The van der Waals surface area contributed by atoms with Gasteiger partial charge in [-0.15, -0.1) is 11.8 Å². The summed E-state index contributed by atoms with van der Waals surface area (Å²) in [6.07, 6.45) is 1.61. The maximum Gasteiger partial charge on any atom is 0.307 e. The molecule has 1 N–H and O–H groups in total. The summed E-state index contributed by atoms with van der Waals surface area (Å²) >= 11 is 7.22. The summed E-state index contributed by atoms with van der Waals surface area (Å²) in [7, 11) is 0. The molecule has 148 valence electrons. The number of fused-ring (bicyclic) bond motifs is 2. The Labute approximate surface area is 175 Å². The number of nitrogens with zero attached hydrogens (tertiary/aromatic N) is 2. The fourth-order valence-electron chi connectivity index (χ4n) is 2.95. The summed E-state index contributed by atoms with van der Waals surface area (Å²) in [5.74, 6) is -0.819. The van der Waals surface area contributed by atoms with E-state index in [0.717, 1.165) is 10.5 Å². The third-order valence-corrected chi connectivity index (χ3v) is 5.87. The van der Waals surface area contributed by atoms with Crippen molar-refractivity contribution in [1.29, 1.82) is 0 Å². The number of benzene rings is 1. The zero-order valence-electron chi connectivity index (χ0n) is 15.3. The first-order valence-corrected chi connectivity index (χ1v) is 10.1. The van der Waals surface area contributed by atoms with Crippen molar-refractivity contribution in [3.8, 4) is 0 Å². The Morgan fingerprint density at radius 3 is 2.93 bits per heavy atom. The molecule has 1 amide bonds. The van der Waals surface area contributed by atoms with Gasteiger partial charge in [0.1, 0.15) is 12.3 Å². The summed E-state index contributed by atoms with van der Waals surface area (Å²) in [5, 5.41) is 2.68. The minimum absolute atomic E-state index is 0.0929. The number of aromatic nitrogens is 2. The van der Waals surface area contributed by atoms with Gasteiger partial charge in [0, 0.05) is 22.2 Å². The molecule has 1 unspecified atom stereocenters. The largest absolute Gasteiger partial charge is 0.459 e. The van der Waals surface area contributed by atoms with Crippen LogP contribution in [0.3, 0.4) is 0 Å². The smallest absolute Gasteiger partial charge is 0.307 e. The van der Waals surface area contributed by atoms with Crippen LogP contribution in [0.15, 0.2) is 52.3 Å². The standard InChI is InChI=1S/C20H16ClN3O4S/c1-11-2-5-17-22-13(7-18(25)24(17)9-11)10-28-19(26)8-16-20(27)23-14-6-12(21)3-4-15(14)29-16/h2-7,9,16H,8,10H2,1H3,(H,23,27). The van der Waals surface area contributed by atoms with E-state index in [4.69, 9.17) is 16.3 Å². The van der Waals surface area contributed by atoms with Crippen molar-refractivity contribution in [2.45, 2.75) is 30.1 Å². The molecule has 7 nitrogen and oxygen atoms in total. The number of pyridine rings is 1. The third kappa shape index (κ3) is 4.28. The Kier molecular flexibility index (Phi) is 5.29. The first kappa shape index (κ1) is 19.5. The van der Waals surface area contributed by atoms with Crippen LogP contribution in [0.2, 0.25) is 5.02 Å². The average molecular weight is 430 g/mol. The normalized spacial score (nSPS) is 15.7. The monoisotopic (exact) mass is 429 g/mol. The summed E-state index contributed by atoms with van der Waals surface area (Å²) < 4.78 is 6.69. The molecule has 1 aliphatic rings. The molecule has 4 rings (SSSR count). The first-order chi connectivity index (χ1) is 13.9. The molecule has 3 aromatic rings. The van der Waals surface area contributed by atoms with Gasteiger partial charge in [-0.05, 0) is 36.8 Å². The molecule has 0 fully saturated rings. The molecule has 0 aliphatic carbocycles. The van der Waals surface area contributed by atoms with Crippen LogP contribution >= 0.6 is 23.4 Å². The van der Waals surface area contributed by atoms with Gasteiger partial charge in [0.15, 0.2) is 0 Å². The maximum atomic E-state index is 12.3. The van der Waals surface area contributed by atoms with E-state index in [-0.39, 0.29) is 24.5 Å². The maximum absolute atomic E-state index is 12.3. The molecule has 0 saturated carbocycles. The van der Waals surface area contributed by atoms with Crippen LogP contribution in [0.25, 0.3) is 5.65 Å². The first-order valence-electron chi connectivity index (χ1n) is 8.81. The van der Waals surface area contributed by atoms with Crippen molar-refractivity contribution < 1.29 is 14.3 Å². The highest BCUT2D eigenvalue weighted by molar-refractivity contribution is 8.01. The number of amides is 1. The second-order valence-electron chi connectivity index (χ2n) is 6.62. The molecule has 3 heterocycles. The number of ether oxygens (including phenoxy) is 1. The average Bonchev–Trinajstić information content (AvgIpc) is 2.68. The van der Waals surface area contributed by atoms with E-state index < -0.39 is 11.2 Å².